The number of fused-ring (bicyclic) bond motifs is 1. The maximum Gasteiger partial charge on any atom is 0.141 e. The van der Waals surface area contributed by atoms with Gasteiger partial charge in [0.05, 0.1) is 5.66 Å². The minimum absolute atomic E-state index is 0.239. The highest BCUT2D eigenvalue weighted by Crippen LogP contribution is 2.21. The van der Waals surface area contributed by atoms with E-state index in [1.54, 1.807) is 18.3 Å². The monoisotopic (exact) mass is 259 g/mol. The molecule has 1 aromatic carbocycles. The Morgan fingerprint density at radius 1 is 1.00 bits per heavy atom. The van der Waals surface area contributed by atoms with Crippen molar-refractivity contribution in [2.24, 2.45) is 11.5 Å². The molecule has 0 unspecified atom stereocenters. The lowest BCUT2D eigenvalue weighted by molar-refractivity contribution is 0.306. The summed E-state index contributed by atoms with van der Waals surface area (Å²) in [6.45, 7) is 0. The first-order valence-electron chi connectivity index (χ1n) is 6.69. The van der Waals surface area contributed by atoms with Gasteiger partial charge in [-0.1, -0.05) is 37.5 Å². The Morgan fingerprint density at radius 3 is 2.26 bits per heavy atom. The van der Waals surface area contributed by atoms with E-state index in [1.807, 2.05) is 18.2 Å². The number of benzene rings is 1. The summed E-state index contributed by atoms with van der Waals surface area (Å²) < 4.78 is 0. The van der Waals surface area contributed by atoms with Crippen molar-refractivity contribution in [1.82, 2.24) is 4.98 Å². The number of pyridine rings is 1. The van der Waals surface area contributed by atoms with Gasteiger partial charge in [-0.25, -0.2) is 0 Å². The number of nitrogens with zero attached hydrogens (tertiary/aromatic N) is 1. The number of nitrogens with two attached hydrogens (primary N) is 2. The molecule has 0 spiro atoms. The fourth-order valence-electron chi connectivity index (χ4n) is 2.30. The Kier molecular flexibility index (Phi) is 4.35. The summed E-state index contributed by atoms with van der Waals surface area (Å²) in [6.07, 6.45) is 7.43. The Balaban J connectivity index is 0.000000148. The Morgan fingerprint density at radius 2 is 1.68 bits per heavy atom. The van der Waals surface area contributed by atoms with Crippen LogP contribution in [0.3, 0.4) is 0 Å². The highest BCUT2D eigenvalue weighted by molar-refractivity contribution is 5.83. The summed E-state index contributed by atoms with van der Waals surface area (Å²) in [6, 6.07) is 9.13. The van der Waals surface area contributed by atoms with Crippen molar-refractivity contribution in [3.63, 3.8) is 0 Å². The molecule has 1 fully saturated rings. The maximum atomic E-state index is 9.31. The largest absolute Gasteiger partial charge is 0.506 e. The van der Waals surface area contributed by atoms with E-state index in [-0.39, 0.29) is 11.4 Å². The molecule has 1 aliphatic carbocycles. The van der Waals surface area contributed by atoms with Crippen LogP contribution >= 0.6 is 0 Å². The molecule has 0 radical (unpaired) electrons. The summed E-state index contributed by atoms with van der Waals surface area (Å²) in [5.41, 5.74) is 11.7. The van der Waals surface area contributed by atoms with Crippen molar-refractivity contribution in [3.8, 4) is 5.75 Å². The van der Waals surface area contributed by atoms with Crippen molar-refractivity contribution in [3.05, 3.63) is 36.5 Å². The number of rotatable bonds is 0. The third-order valence-corrected chi connectivity index (χ3v) is 3.40. The van der Waals surface area contributed by atoms with Crippen molar-refractivity contribution in [2.45, 2.75) is 37.8 Å². The maximum absolute atomic E-state index is 9.31. The lowest BCUT2D eigenvalue weighted by atomic mass is 9.91. The van der Waals surface area contributed by atoms with Gasteiger partial charge >= 0.3 is 0 Å². The SMILES string of the molecule is NC1(N)CCCCC1.Oc1cccc2cccnc12. The second kappa shape index (κ2) is 5.99. The van der Waals surface area contributed by atoms with Gasteiger partial charge in [-0.05, 0) is 25.0 Å². The van der Waals surface area contributed by atoms with E-state index in [0.29, 0.717) is 5.52 Å². The van der Waals surface area contributed by atoms with Crippen molar-refractivity contribution < 1.29 is 5.11 Å². The van der Waals surface area contributed by atoms with Gasteiger partial charge in [-0.15, -0.1) is 0 Å². The average Bonchev–Trinajstić information content (AvgIpc) is 2.40. The van der Waals surface area contributed by atoms with Gasteiger partial charge in [0.2, 0.25) is 0 Å². The third-order valence-electron chi connectivity index (χ3n) is 3.40. The van der Waals surface area contributed by atoms with Gasteiger partial charge in [0.15, 0.2) is 0 Å². The molecule has 0 atom stereocenters. The number of para-hydroxylation sites is 1. The molecule has 19 heavy (non-hydrogen) atoms. The molecule has 1 aliphatic rings. The van der Waals surface area contributed by atoms with E-state index in [4.69, 9.17) is 11.5 Å². The first kappa shape index (κ1) is 13.8. The van der Waals surface area contributed by atoms with E-state index < -0.39 is 0 Å². The molecule has 0 saturated heterocycles. The quantitative estimate of drug-likeness (QED) is 0.635. The van der Waals surface area contributed by atoms with Crippen LogP contribution in [0.25, 0.3) is 10.9 Å². The highest BCUT2D eigenvalue weighted by Gasteiger charge is 2.21. The molecule has 2 aromatic rings. The number of aromatic nitrogens is 1. The van der Waals surface area contributed by atoms with Crippen LogP contribution in [0.1, 0.15) is 32.1 Å². The molecule has 4 heteroatoms. The van der Waals surface area contributed by atoms with Crippen molar-refractivity contribution >= 4 is 10.9 Å². The van der Waals surface area contributed by atoms with Gasteiger partial charge in [0.25, 0.3) is 0 Å². The molecule has 0 bridgehead atoms. The Labute approximate surface area is 113 Å². The van der Waals surface area contributed by atoms with Crippen LogP contribution in [0.5, 0.6) is 5.75 Å². The molecule has 0 amide bonds. The summed E-state index contributed by atoms with van der Waals surface area (Å²) >= 11 is 0. The van der Waals surface area contributed by atoms with Crippen LogP contribution in [-0.4, -0.2) is 15.8 Å². The predicted molar refractivity (Wildman–Crippen MR) is 77.6 cm³/mol. The summed E-state index contributed by atoms with van der Waals surface area (Å²) in [5.74, 6) is 0.239. The zero-order valence-corrected chi connectivity index (χ0v) is 11.0. The summed E-state index contributed by atoms with van der Waals surface area (Å²) in [7, 11) is 0. The smallest absolute Gasteiger partial charge is 0.141 e. The van der Waals surface area contributed by atoms with Gasteiger partial charge < -0.3 is 16.6 Å². The van der Waals surface area contributed by atoms with Crippen LogP contribution in [-0.2, 0) is 0 Å². The Bertz CT molecular complexity index is 526. The fraction of sp³-hybridized carbons (Fsp3) is 0.400. The predicted octanol–water partition coefficient (Wildman–Crippen LogP) is 2.50. The van der Waals surface area contributed by atoms with E-state index in [1.165, 1.54) is 19.3 Å². The highest BCUT2D eigenvalue weighted by atomic mass is 16.3. The number of hydrogen-bond acceptors (Lipinski definition) is 4. The van der Waals surface area contributed by atoms with Crippen LogP contribution in [0, 0.1) is 0 Å². The number of aromatic hydroxyl groups is 1. The van der Waals surface area contributed by atoms with Crippen LogP contribution < -0.4 is 11.5 Å². The average molecular weight is 259 g/mol. The van der Waals surface area contributed by atoms with Crippen molar-refractivity contribution in [2.75, 3.05) is 0 Å². The molecule has 1 saturated carbocycles. The fourth-order valence-corrected chi connectivity index (χ4v) is 2.30. The molecular formula is C15H21N3O. The zero-order valence-electron chi connectivity index (χ0n) is 11.0. The first-order chi connectivity index (χ1) is 9.08. The molecule has 3 rings (SSSR count). The van der Waals surface area contributed by atoms with Crippen LogP contribution in [0.4, 0.5) is 0 Å². The summed E-state index contributed by atoms with van der Waals surface area (Å²) in [4.78, 5) is 4.03. The number of phenols is 1. The van der Waals surface area contributed by atoms with E-state index >= 15 is 0 Å². The molecule has 4 nitrogen and oxygen atoms in total. The number of hydrogen-bond donors (Lipinski definition) is 3. The normalized spacial score (nSPS) is 17.6. The lowest BCUT2D eigenvalue weighted by Crippen LogP contribution is -2.50. The van der Waals surface area contributed by atoms with Gasteiger partial charge in [-0.3, -0.25) is 4.98 Å². The van der Waals surface area contributed by atoms with E-state index in [0.717, 1.165) is 18.2 Å². The summed E-state index contributed by atoms with van der Waals surface area (Å²) in [5, 5.41) is 10.3. The Hall–Kier alpha value is -1.65. The van der Waals surface area contributed by atoms with Crippen molar-refractivity contribution in [1.29, 1.82) is 0 Å². The topological polar surface area (TPSA) is 85.2 Å². The second-order valence-electron chi connectivity index (χ2n) is 5.15. The number of phenolic OH excluding ortho intramolecular Hbond substituents is 1. The van der Waals surface area contributed by atoms with Gasteiger partial charge in [-0.2, -0.15) is 0 Å². The third kappa shape index (κ3) is 3.91. The molecule has 102 valence electrons. The molecule has 1 heterocycles. The van der Waals surface area contributed by atoms with Crippen LogP contribution in [0.15, 0.2) is 36.5 Å². The van der Waals surface area contributed by atoms with Gasteiger partial charge in [0.1, 0.15) is 11.3 Å². The lowest BCUT2D eigenvalue weighted by Gasteiger charge is -2.28. The minimum Gasteiger partial charge on any atom is -0.506 e. The molecule has 5 N–H and O–H groups in total. The zero-order chi connectivity index (χ0) is 13.7. The standard InChI is InChI=1S/C9H7NO.C6H14N2/c11-8-5-1-3-7-4-2-6-10-9(7)8;7-6(8)4-2-1-3-5-6/h1-6,11H;1-5,7-8H2. The second-order valence-corrected chi connectivity index (χ2v) is 5.15. The van der Waals surface area contributed by atoms with Gasteiger partial charge in [0, 0.05) is 11.6 Å². The van der Waals surface area contributed by atoms with E-state index in [2.05, 4.69) is 4.98 Å². The molecule has 1 aromatic heterocycles. The molecule has 0 aliphatic heterocycles. The van der Waals surface area contributed by atoms with Crippen LogP contribution in [0.2, 0.25) is 0 Å². The van der Waals surface area contributed by atoms with E-state index in [9.17, 15) is 5.11 Å². The minimum atomic E-state index is -0.321. The molecular weight excluding hydrogens is 238 g/mol. The first-order valence-corrected chi connectivity index (χ1v) is 6.69.